The number of hydrazine groups is 1. The van der Waals surface area contributed by atoms with E-state index in [1.807, 2.05) is 56.3 Å². The Hall–Kier alpha value is -2.60. The van der Waals surface area contributed by atoms with Crippen LogP contribution in [0.2, 0.25) is 0 Å². The van der Waals surface area contributed by atoms with E-state index in [4.69, 9.17) is 17.0 Å². The van der Waals surface area contributed by atoms with Crippen molar-refractivity contribution in [2.75, 3.05) is 11.9 Å². The highest BCUT2D eigenvalue weighted by Gasteiger charge is 2.06. The molecule has 2 aromatic rings. The molecule has 0 fully saturated rings. The number of hydrogen-bond donors (Lipinski definition) is 3. The molecular formula is C20H25N3O2S. The first-order chi connectivity index (χ1) is 12.4. The second kappa shape index (κ2) is 9.20. The van der Waals surface area contributed by atoms with Crippen LogP contribution in [-0.2, 0) is 4.79 Å². The Kier molecular flexibility index (Phi) is 6.97. The largest absolute Gasteiger partial charge is 0.484 e. The van der Waals surface area contributed by atoms with E-state index in [1.54, 1.807) is 0 Å². The zero-order chi connectivity index (χ0) is 19.1. The maximum absolute atomic E-state index is 11.9. The molecule has 6 heteroatoms. The zero-order valence-corrected chi connectivity index (χ0v) is 16.4. The summed E-state index contributed by atoms with van der Waals surface area (Å²) in [5, 5.41) is 3.38. The molecule has 1 amide bonds. The van der Waals surface area contributed by atoms with E-state index in [9.17, 15) is 4.79 Å². The second-order valence-electron chi connectivity index (χ2n) is 6.39. The summed E-state index contributed by atoms with van der Waals surface area (Å²) in [6.45, 7) is 8.20. The van der Waals surface area contributed by atoms with Crippen molar-refractivity contribution in [1.29, 1.82) is 0 Å². The minimum Gasteiger partial charge on any atom is -0.484 e. The van der Waals surface area contributed by atoms with Crippen molar-refractivity contribution in [3.8, 4) is 5.75 Å². The predicted octanol–water partition coefficient (Wildman–Crippen LogP) is 3.82. The average molecular weight is 372 g/mol. The van der Waals surface area contributed by atoms with E-state index in [0.29, 0.717) is 16.8 Å². The van der Waals surface area contributed by atoms with Gasteiger partial charge >= 0.3 is 0 Å². The summed E-state index contributed by atoms with van der Waals surface area (Å²) in [4.78, 5) is 11.9. The van der Waals surface area contributed by atoms with Crippen molar-refractivity contribution in [3.05, 3.63) is 59.2 Å². The number of thiocarbonyl (C=S) groups is 1. The van der Waals surface area contributed by atoms with Crippen molar-refractivity contribution in [2.24, 2.45) is 0 Å². The van der Waals surface area contributed by atoms with Crippen LogP contribution in [0.15, 0.2) is 42.5 Å². The molecule has 0 bridgehead atoms. The Balaban J connectivity index is 1.76. The first-order valence-electron chi connectivity index (χ1n) is 8.51. The van der Waals surface area contributed by atoms with Gasteiger partial charge in [0.15, 0.2) is 11.7 Å². The van der Waals surface area contributed by atoms with Gasteiger partial charge in [0.2, 0.25) is 0 Å². The molecule has 0 aliphatic rings. The number of aryl methyl sites for hydroxylation is 1. The van der Waals surface area contributed by atoms with Crippen LogP contribution in [0.3, 0.4) is 0 Å². The van der Waals surface area contributed by atoms with Crippen molar-refractivity contribution >= 4 is 28.9 Å². The minimum absolute atomic E-state index is 0.0971. The third kappa shape index (κ3) is 5.74. The number of hydrogen-bond acceptors (Lipinski definition) is 3. The van der Waals surface area contributed by atoms with Crippen LogP contribution < -0.4 is 20.9 Å². The van der Waals surface area contributed by atoms with E-state index in [2.05, 4.69) is 30.0 Å². The molecular weight excluding hydrogens is 346 g/mol. The van der Waals surface area contributed by atoms with Crippen molar-refractivity contribution < 1.29 is 9.53 Å². The van der Waals surface area contributed by atoms with E-state index in [0.717, 1.165) is 11.3 Å². The molecule has 0 aromatic heterocycles. The Labute approximate surface area is 160 Å². The molecule has 0 radical (unpaired) electrons. The molecule has 3 N–H and O–H groups in total. The van der Waals surface area contributed by atoms with Gasteiger partial charge in [-0.05, 0) is 66.9 Å². The summed E-state index contributed by atoms with van der Waals surface area (Å²) >= 11 is 5.20. The molecule has 5 nitrogen and oxygen atoms in total. The predicted molar refractivity (Wildman–Crippen MR) is 109 cm³/mol. The molecule has 138 valence electrons. The van der Waals surface area contributed by atoms with E-state index >= 15 is 0 Å². The van der Waals surface area contributed by atoms with Gasteiger partial charge in [-0.3, -0.25) is 15.6 Å². The van der Waals surface area contributed by atoms with Gasteiger partial charge in [0.05, 0.1) is 0 Å². The summed E-state index contributed by atoms with van der Waals surface area (Å²) < 4.78 is 5.47. The Morgan fingerprint density at radius 3 is 2.42 bits per heavy atom. The molecule has 0 heterocycles. The summed E-state index contributed by atoms with van der Waals surface area (Å²) in [6.07, 6.45) is 0. The van der Waals surface area contributed by atoms with Gasteiger partial charge in [-0.2, -0.15) is 0 Å². The molecule has 2 rings (SSSR count). The van der Waals surface area contributed by atoms with Crippen LogP contribution in [0.5, 0.6) is 5.75 Å². The molecule has 26 heavy (non-hydrogen) atoms. The normalized spacial score (nSPS) is 10.3. The van der Waals surface area contributed by atoms with Crippen LogP contribution in [-0.4, -0.2) is 17.6 Å². The van der Waals surface area contributed by atoms with Crippen molar-refractivity contribution in [3.63, 3.8) is 0 Å². The highest BCUT2D eigenvalue weighted by atomic mass is 32.1. The SMILES string of the molecule is Cc1cccc(NC(=S)NNC(=O)COc2ccc(C(C)C)cc2)c1C. The van der Waals surface area contributed by atoms with Gasteiger partial charge in [-0.25, -0.2) is 0 Å². The molecule has 0 aliphatic heterocycles. The Morgan fingerprint density at radius 2 is 1.77 bits per heavy atom. The fourth-order valence-corrected chi connectivity index (χ4v) is 2.46. The molecule has 2 aromatic carbocycles. The smallest absolute Gasteiger partial charge is 0.276 e. The number of nitrogens with one attached hydrogen (secondary N) is 3. The first kappa shape index (κ1) is 19.7. The van der Waals surface area contributed by atoms with Gasteiger partial charge in [0, 0.05) is 5.69 Å². The number of ether oxygens (including phenoxy) is 1. The molecule has 0 atom stereocenters. The fraction of sp³-hybridized carbons (Fsp3) is 0.300. The van der Waals surface area contributed by atoms with E-state index < -0.39 is 0 Å². The number of benzene rings is 2. The lowest BCUT2D eigenvalue weighted by Crippen LogP contribution is -2.45. The lowest BCUT2D eigenvalue weighted by molar-refractivity contribution is -0.123. The van der Waals surface area contributed by atoms with E-state index in [-0.39, 0.29) is 12.5 Å². The standard InChI is InChI=1S/C20H25N3O2S/c1-13(2)16-8-10-17(11-9-16)25-12-19(24)22-23-20(26)21-18-7-5-6-14(3)15(18)4/h5-11,13H,12H2,1-4H3,(H,22,24)(H2,21,23,26). The second-order valence-corrected chi connectivity index (χ2v) is 6.80. The van der Waals surface area contributed by atoms with Gasteiger partial charge in [0.25, 0.3) is 5.91 Å². The topological polar surface area (TPSA) is 62.4 Å². The number of carbonyl (C=O) groups is 1. The Bertz CT molecular complexity index is 773. The maximum atomic E-state index is 11.9. The van der Waals surface area contributed by atoms with Crippen molar-refractivity contribution in [2.45, 2.75) is 33.6 Å². The Morgan fingerprint density at radius 1 is 1.08 bits per heavy atom. The molecule has 0 unspecified atom stereocenters. The molecule has 0 saturated heterocycles. The van der Waals surface area contributed by atoms with Gasteiger partial charge in [0.1, 0.15) is 5.75 Å². The van der Waals surface area contributed by atoms with Crippen LogP contribution >= 0.6 is 12.2 Å². The fourth-order valence-electron chi connectivity index (χ4n) is 2.30. The van der Waals surface area contributed by atoms with Gasteiger partial charge < -0.3 is 10.1 Å². The minimum atomic E-state index is -0.317. The molecule has 0 aliphatic carbocycles. The third-order valence-corrected chi connectivity index (χ3v) is 4.29. The number of amides is 1. The first-order valence-corrected chi connectivity index (χ1v) is 8.92. The van der Waals surface area contributed by atoms with Gasteiger partial charge in [-0.15, -0.1) is 0 Å². The van der Waals surface area contributed by atoms with Crippen molar-refractivity contribution in [1.82, 2.24) is 10.9 Å². The van der Waals surface area contributed by atoms with Crippen LogP contribution in [0, 0.1) is 13.8 Å². The highest BCUT2D eigenvalue weighted by Crippen LogP contribution is 2.19. The van der Waals surface area contributed by atoms with Gasteiger partial charge in [-0.1, -0.05) is 38.1 Å². The quantitative estimate of drug-likeness (QED) is 0.551. The van der Waals surface area contributed by atoms with Crippen LogP contribution in [0.25, 0.3) is 0 Å². The number of rotatable bonds is 5. The lowest BCUT2D eigenvalue weighted by Gasteiger charge is -2.14. The van der Waals surface area contributed by atoms with E-state index in [1.165, 1.54) is 11.1 Å². The van der Waals surface area contributed by atoms with Crippen LogP contribution in [0.1, 0.15) is 36.5 Å². The molecule has 0 saturated carbocycles. The third-order valence-electron chi connectivity index (χ3n) is 4.08. The van der Waals surface area contributed by atoms with Crippen LogP contribution in [0.4, 0.5) is 5.69 Å². The highest BCUT2D eigenvalue weighted by molar-refractivity contribution is 7.80. The number of carbonyl (C=O) groups excluding carboxylic acids is 1. The summed E-state index contributed by atoms with van der Waals surface area (Å²) in [5.41, 5.74) is 9.60. The monoisotopic (exact) mass is 371 g/mol. The summed E-state index contributed by atoms with van der Waals surface area (Å²) in [6, 6.07) is 13.6. The summed E-state index contributed by atoms with van der Waals surface area (Å²) in [5.74, 6) is 0.797. The maximum Gasteiger partial charge on any atom is 0.276 e. The molecule has 0 spiro atoms. The zero-order valence-electron chi connectivity index (χ0n) is 15.6. The number of anilines is 1. The lowest BCUT2D eigenvalue weighted by atomic mass is 10.0. The summed E-state index contributed by atoms with van der Waals surface area (Å²) in [7, 11) is 0. The average Bonchev–Trinajstić information content (AvgIpc) is 2.62.